The Balaban J connectivity index is 1.54. The fourth-order valence-electron chi connectivity index (χ4n) is 5.45. The predicted molar refractivity (Wildman–Crippen MR) is 192 cm³/mol. The van der Waals surface area contributed by atoms with E-state index in [0.29, 0.717) is 35.6 Å². The molecule has 0 spiro atoms. The van der Waals surface area contributed by atoms with Gasteiger partial charge in [0.15, 0.2) is 0 Å². The molecule has 2 rings (SSSR count). The molecule has 0 radical (unpaired) electrons. The molecule has 8 heteroatoms. The number of carbonyl (C=O) groups is 2. The van der Waals surface area contributed by atoms with Gasteiger partial charge in [0.2, 0.25) is 0 Å². The van der Waals surface area contributed by atoms with Crippen LogP contribution in [0.3, 0.4) is 0 Å². The van der Waals surface area contributed by atoms with E-state index in [1.165, 1.54) is 89.9 Å². The summed E-state index contributed by atoms with van der Waals surface area (Å²) in [7, 11) is 0. The van der Waals surface area contributed by atoms with Gasteiger partial charge in [0.05, 0.1) is 11.4 Å². The van der Waals surface area contributed by atoms with Gasteiger partial charge in [-0.15, -0.1) is 0 Å². The summed E-state index contributed by atoms with van der Waals surface area (Å²) in [6.07, 6.45) is 24.6. The minimum Gasteiger partial charge on any atom is -0.352 e. The van der Waals surface area contributed by atoms with Crippen LogP contribution in [0, 0.1) is 0 Å². The molecule has 0 saturated carbocycles. The zero-order chi connectivity index (χ0) is 32.9. The largest absolute Gasteiger partial charge is 0.352 e. The number of benzene rings is 2. The quantitative estimate of drug-likeness (QED) is 0.0548. The highest BCUT2D eigenvalue weighted by molar-refractivity contribution is 5.95. The number of azo groups is 1. The van der Waals surface area contributed by atoms with E-state index < -0.39 is 0 Å². The number of unbranched alkanes of at least 4 members (excludes halogenated alkanes) is 18. The molecule has 0 aliphatic heterocycles. The van der Waals surface area contributed by atoms with Crippen LogP contribution in [0.25, 0.3) is 0 Å². The van der Waals surface area contributed by atoms with Crippen LogP contribution >= 0.6 is 0 Å². The second-order valence-electron chi connectivity index (χ2n) is 12.5. The molecule has 2 aromatic carbocycles. The summed E-state index contributed by atoms with van der Waals surface area (Å²) in [4.78, 5) is 25.0. The van der Waals surface area contributed by atoms with Crippen LogP contribution in [-0.2, 0) is 0 Å². The van der Waals surface area contributed by atoms with Crippen LogP contribution in [0.15, 0.2) is 58.8 Å². The Labute approximate surface area is 279 Å². The average Bonchev–Trinajstić information content (AvgIpc) is 3.08. The minimum absolute atomic E-state index is 0.0601. The van der Waals surface area contributed by atoms with Gasteiger partial charge in [0.1, 0.15) is 0 Å². The molecule has 0 aliphatic carbocycles. The zero-order valence-corrected chi connectivity index (χ0v) is 28.5. The van der Waals surface area contributed by atoms with Gasteiger partial charge >= 0.3 is 0 Å². The van der Waals surface area contributed by atoms with Crippen LogP contribution in [-0.4, -0.2) is 38.0 Å². The van der Waals surface area contributed by atoms with Gasteiger partial charge in [0.25, 0.3) is 11.8 Å². The van der Waals surface area contributed by atoms with Crippen LogP contribution in [0.1, 0.15) is 149 Å². The fourth-order valence-corrected chi connectivity index (χ4v) is 5.45. The zero-order valence-electron chi connectivity index (χ0n) is 28.5. The summed E-state index contributed by atoms with van der Waals surface area (Å²) in [6, 6.07) is 14.3. The van der Waals surface area contributed by atoms with Crippen molar-refractivity contribution in [1.82, 2.24) is 10.6 Å². The molecule has 6 N–H and O–H groups in total. The predicted octanol–water partition coefficient (Wildman–Crippen LogP) is 9.28. The topological polar surface area (TPSA) is 135 Å². The molecule has 256 valence electrons. The van der Waals surface area contributed by atoms with E-state index in [1.54, 1.807) is 48.5 Å². The Morgan fingerprint density at radius 3 is 0.957 bits per heavy atom. The maximum atomic E-state index is 12.5. The van der Waals surface area contributed by atoms with Gasteiger partial charge in [-0.3, -0.25) is 9.59 Å². The molecule has 8 nitrogen and oxygen atoms in total. The highest BCUT2D eigenvalue weighted by Gasteiger charge is 2.06. The maximum absolute atomic E-state index is 12.5. The molecule has 0 fully saturated rings. The maximum Gasteiger partial charge on any atom is 0.251 e. The molecule has 0 aromatic heterocycles. The molecule has 0 bridgehead atoms. The smallest absolute Gasteiger partial charge is 0.251 e. The Morgan fingerprint density at radius 2 is 0.674 bits per heavy atom. The summed E-state index contributed by atoms with van der Waals surface area (Å²) in [5.41, 5.74) is 13.6. The molecular weight excluding hydrogens is 572 g/mol. The first-order valence-corrected chi connectivity index (χ1v) is 18.2. The normalized spacial score (nSPS) is 11.3. The first-order chi connectivity index (χ1) is 22.6. The van der Waals surface area contributed by atoms with Crippen LogP contribution in [0.4, 0.5) is 11.4 Å². The molecular formula is C38H62N6O2. The third kappa shape index (κ3) is 19.4. The third-order valence-corrected chi connectivity index (χ3v) is 8.37. The first kappa shape index (κ1) is 39.1. The van der Waals surface area contributed by atoms with E-state index in [1.807, 2.05) is 0 Å². The van der Waals surface area contributed by atoms with E-state index in [2.05, 4.69) is 20.9 Å². The average molecular weight is 635 g/mol. The number of hydrogen-bond donors (Lipinski definition) is 4. The lowest BCUT2D eigenvalue weighted by molar-refractivity contribution is 0.0944. The molecule has 0 aliphatic rings. The Morgan fingerprint density at radius 1 is 0.413 bits per heavy atom. The highest BCUT2D eigenvalue weighted by atomic mass is 16.2. The minimum atomic E-state index is -0.0601. The number of nitrogens with zero attached hydrogens (tertiary/aromatic N) is 2. The summed E-state index contributed by atoms with van der Waals surface area (Å²) in [5.74, 6) is -0.120. The summed E-state index contributed by atoms with van der Waals surface area (Å²) >= 11 is 0. The lowest BCUT2D eigenvalue weighted by Gasteiger charge is -2.06. The van der Waals surface area contributed by atoms with Crippen LogP contribution in [0.5, 0.6) is 0 Å². The Bertz CT molecular complexity index is 986. The molecule has 46 heavy (non-hydrogen) atoms. The second kappa shape index (κ2) is 27.1. The number of carbonyl (C=O) groups excluding carboxylic acids is 2. The van der Waals surface area contributed by atoms with E-state index in [4.69, 9.17) is 11.5 Å². The van der Waals surface area contributed by atoms with Gasteiger partial charge in [0, 0.05) is 24.2 Å². The highest BCUT2D eigenvalue weighted by Crippen LogP contribution is 2.20. The van der Waals surface area contributed by atoms with Gasteiger partial charge in [-0.1, -0.05) is 103 Å². The van der Waals surface area contributed by atoms with Gasteiger partial charge < -0.3 is 22.1 Å². The van der Waals surface area contributed by atoms with Crippen molar-refractivity contribution in [3.05, 3.63) is 59.7 Å². The lowest BCUT2D eigenvalue weighted by Crippen LogP contribution is -2.24. The van der Waals surface area contributed by atoms with Crippen molar-refractivity contribution in [1.29, 1.82) is 0 Å². The first-order valence-electron chi connectivity index (χ1n) is 18.2. The van der Waals surface area contributed by atoms with Crippen molar-refractivity contribution in [2.24, 2.45) is 21.7 Å². The molecule has 2 aromatic rings. The Kier molecular flexibility index (Phi) is 23.0. The standard InChI is InChI=1S/C38H62N6O2/c39-29-17-13-9-5-1-3-7-11-15-19-31-41-37(45)33-21-25-35(26-22-33)43-44-36-27-23-34(24-28-36)38(46)42-32-20-16-12-8-4-2-6-10-14-18-30-40/h21-28H,1-20,29-32,39-40H2,(H,41,45)(H,42,46). The van der Waals surface area contributed by atoms with Gasteiger partial charge in [-0.25, -0.2) is 0 Å². The van der Waals surface area contributed by atoms with Crippen molar-refractivity contribution in [2.75, 3.05) is 26.2 Å². The molecule has 0 atom stereocenters. The van der Waals surface area contributed by atoms with E-state index in [9.17, 15) is 9.59 Å². The molecule has 2 amide bonds. The van der Waals surface area contributed by atoms with Crippen LogP contribution in [0.2, 0.25) is 0 Å². The van der Waals surface area contributed by atoms with E-state index >= 15 is 0 Å². The molecule has 0 saturated heterocycles. The fraction of sp³-hybridized carbons (Fsp3) is 0.632. The number of nitrogens with one attached hydrogen (secondary N) is 2. The SMILES string of the molecule is NCCCCCCCCCCCCNC(=O)c1ccc(N=Nc2ccc(C(=O)NCCCCCCCCCCCCN)cc2)cc1. The van der Waals surface area contributed by atoms with Crippen LogP contribution < -0.4 is 22.1 Å². The number of amides is 2. The van der Waals surface area contributed by atoms with Crippen molar-refractivity contribution in [2.45, 2.75) is 128 Å². The van der Waals surface area contributed by atoms with E-state index in [-0.39, 0.29) is 11.8 Å². The van der Waals surface area contributed by atoms with E-state index in [0.717, 1.165) is 51.6 Å². The summed E-state index contributed by atoms with van der Waals surface area (Å²) < 4.78 is 0. The molecule has 0 unspecified atom stereocenters. The summed E-state index contributed by atoms with van der Waals surface area (Å²) in [5, 5.41) is 14.6. The van der Waals surface area contributed by atoms with Crippen molar-refractivity contribution >= 4 is 23.2 Å². The molecule has 0 heterocycles. The number of nitrogens with two attached hydrogens (primary N) is 2. The monoisotopic (exact) mass is 634 g/mol. The van der Waals surface area contributed by atoms with Crippen molar-refractivity contribution < 1.29 is 9.59 Å². The lowest BCUT2D eigenvalue weighted by atomic mass is 10.1. The summed E-state index contributed by atoms with van der Waals surface area (Å²) in [6.45, 7) is 3.02. The van der Waals surface area contributed by atoms with Gasteiger partial charge in [-0.05, 0) is 87.3 Å². The third-order valence-electron chi connectivity index (χ3n) is 8.37. The van der Waals surface area contributed by atoms with Gasteiger partial charge in [-0.2, -0.15) is 10.2 Å². The number of hydrogen-bond acceptors (Lipinski definition) is 6. The number of rotatable bonds is 28. The second-order valence-corrected chi connectivity index (χ2v) is 12.5. The van der Waals surface area contributed by atoms with Crippen molar-refractivity contribution in [3.8, 4) is 0 Å². The Hall–Kier alpha value is -3.10. The van der Waals surface area contributed by atoms with Crippen molar-refractivity contribution in [3.63, 3.8) is 0 Å².